The molecule has 6 nitrogen and oxygen atoms in total. The van der Waals surface area contributed by atoms with E-state index < -0.39 is 0 Å². The Kier molecular flexibility index (Phi) is 20.0. The molecule has 0 radical (unpaired) electrons. The molecule has 110 valence electrons. The van der Waals surface area contributed by atoms with E-state index in [1.165, 1.54) is 0 Å². The number of amides is 2. The number of rotatable bonds is 8. The van der Waals surface area contributed by atoms with E-state index in [1.54, 1.807) is 21.6 Å². The van der Waals surface area contributed by atoms with E-state index in [1.807, 2.05) is 0 Å². The Hall–Kier alpha value is 0.300. The molecular weight excluding hydrogens is 319 g/mol. The summed E-state index contributed by atoms with van der Waals surface area (Å²) in [4.78, 5) is 23.7. The van der Waals surface area contributed by atoms with Gasteiger partial charge < -0.3 is 17.2 Å². The minimum atomic E-state index is -0.389. The molecule has 0 aromatic carbocycles. The van der Waals surface area contributed by atoms with Gasteiger partial charge >= 0.3 is 0 Å². The predicted octanol–water partition coefficient (Wildman–Crippen LogP) is -0.557. The summed E-state index contributed by atoms with van der Waals surface area (Å²) in [7, 11) is 3.18. The van der Waals surface area contributed by atoms with Gasteiger partial charge in [0.05, 0.1) is 13.1 Å². The van der Waals surface area contributed by atoms with Crippen LogP contribution in [0.25, 0.3) is 0 Å². The number of carbonyl (C=O) groups is 2. The van der Waals surface area contributed by atoms with Gasteiger partial charge in [0, 0.05) is 24.6 Å². The molecule has 0 saturated heterocycles. The Morgan fingerprint density at radius 3 is 1.72 bits per heavy atom. The molecule has 0 fully saturated rings. The molecule has 0 atom stereocenters. The maximum absolute atomic E-state index is 11.3. The van der Waals surface area contributed by atoms with Gasteiger partial charge in [-0.15, -0.1) is 24.8 Å². The van der Waals surface area contributed by atoms with Crippen LogP contribution in [0.15, 0.2) is 0 Å². The lowest BCUT2D eigenvalue weighted by Crippen LogP contribution is -2.44. The highest BCUT2D eigenvalue weighted by atomic mass is 35.5. The van der Waals surface area contributed by atoms with Gasteiger partial charge in [0.25, 0.3) is 0 Å². The monoisotopic (exact) mass is 338 g/mol. The summed E-state index contributed by atoms with van der Waals surface area (Å²) in [5, 5.41) is 0. The molecule has 18 heavy (non-hydrogen) atoms. The number of hydrogen-bond donors (Lipinski definition) is 3. The van der Waals surface area contributed by atoms with Crippen molar-refractivity contribution in [3.05, 3.63) is 0 Å². The van der Waals surface area contributed by atoms with Crippen LogP contribution >= 0.6 is 46.4 Å². The molecule has 0 aliphatic rings. The smallest absolute Gasteiger partial charge is 0.242 e. The van der Waals surface area contributed by atoms with Crippen LogP contribution in [0.4, 0.5) is 0 Å². The van der Waals surface area contributed by atoms with E-state index in [4.69, 9.17) is 17.2 Å². The van der Waals surface area contributed by atoms with Crippen molar-refractivity contribution in [2.45, 2.75) is 0 Å². The van der Waals surface area contributed by atoms with Crippen LogP contribution in [-0.4, -0.2) is 54.4 Å². The molecule has 0 spiro atoms. The molecule has 0 aliphatic heterocycles. The summed E-state index contributed by atoms with van der Waals surface area (Å²) >= 11 is 0. The summed E-state index contributed by atoms with van der Waals surface area (Å²) in [6, 6.07) is 0. The highest BCUT2D eigenvalue weighted by molar-refractivity contribution is 8.76. The lowest BCUT2D eigenvalue weighted by Gasteiger charge is -2.18. The van der Waals surface area contributed by atoms with E-state index in [9.17, 15) is 9.59 Å². The predicted molar refractivity (Wildman–Crippen MR) is 83.3 cm³/mol. The summed E-state index contributed by atoms with van der Waals surface area (Å²) in [5.74, 6) is 0.724. The van der Waals surface area contributed by atoms with Crippen LogP contribution < -0.4 is 17.2 Å². The number of nitrogens with zero attached hydrogens (tertiary/aromatic N) is 1. The third kappa shape index (κ3) is 10.2. The summed E-state index contributed by atoms with van der Waals surface area (Å²) in [5.41, 5.74) is 15.7. The van der Waals surface area contributed by atoms with Crippen molar-refractivity contribution in [2.24, 2.45) is 17.2 Å². The zero-order chi connectivity index (χ0) is 12.4. The molecule has 0 aromatic heterocycles. The molecule has 0 aliphatic carbocycles. The van der Waals surface area contributed by atoms with Gasteiger partial charge in [-0.2, -0.15) is 0 Å². The Morgan fingerprint density at radius 2 is 1.33 bits per heavy atom. The van der Waals surface area contributed by atoms with Crippen LogP contribution in [0, 0.1) is 0 Å². The Morgan fingerprint density at radius 1 is 0.889 bits per heavy atom. The van der Waals surface area contributed by atoms with Crippen LogP contribution in [0.1, 0.15) is 0 Å². The first-order valence-corrected chi connectivity index (χ1v) is 7.34. The second kappa shape index (κ2) is 15.4. The second-order valence-corrected chi connectivity index (χ2v) is 5.48. The maximum atomic E-state index is 11.3. The molecule has 0 bridgehead atoms. The van der Waals surface area contributed by atoms with Crippen LogP contribution in [0.3, 0.4) is 0 Å². The fraction of sp³-hybridized carbons (Fsp3) is 0.750. The van der Waals surface area contributed by atoms with Crippen molar-refractivity contribution in [2.75, 3.05) is 37.7 Å². The van der Waals surface area contributed by atoms with E-state index in [2.05, 4.69) is 0 Å². The summed E-state index contributed by atoms with van der Waals surface area (Å²) in [6.07, 6.45) is 0. The van der Waals surface area contributed by atoms with Crippen molar-refractivity contribution in [3.63, 3.8) is 0 Å². The van der Waals surface area contributed by atoms with Gasteiger partial charge in [-0.05, 0) is 0 Å². The van der Waals surface area contributed by atoms with E-state index >= 15 is 0 Å². The van der Waals surface area contributed by atoms with Gasteiger partial charge in [0.2, 0.25) is 11.8 Å². The van der Waals surface area contributed by atoms with Crippen molar-refractivity contribution in [3.8, 4) is 0 Å². The topological polar surface area (TPSA) is 115 Å². The Balaban J connectivity index is -0.00000112. The quantitative estimate of drug-likeness (QED) is 0.401. The zero-order valence-corrected chi connectivity index (χ0v) is 13.1. The van der Waals surface area contributed by atoms with Crippen molar-refractivity contribution < 1.29 is 9.59 Å². The molecule has 0 heterocycles. The normalized spacial score (nSPS) is 9.06. The van der Waals surface area contributed by atoms with Gasteiger partial charge in [-0.25, -0.2) is 0 Å². The standard InChI is InChI=1S/C8H18N4O2S2.2ClH/c9-1-3-15-16-4-2-12(7(13)5-10)8(14)6-11;;/h1-6,9-11H2;2*1H. The molecule has 6 N–H and O–H groups in total. The minimum Gasteiger partial charge on any atom is -0.330 e. The molecule has 10 heteroatoms. The van der Waals surface area contributed by atoms with Gasteiger partial charge in [-0.3, -0.25) is 14.5 Å². The molecule has 0 saturated carbocycles. The lowest BCUT2D eigenvalue weighted by atomic mass is 10.4. The zero-order valence-electron chi connectivity index (χ0n) is 9.87. The first-order chi connectivity index (χ1) is 7.67. The molecule has 2 amide bonds. The number of hydrogen-bond acceptors (Lipinski definition) is 7. The number of halogens is 2. The fourth-order valence-electron chi connectivity index (χ4n) is 0.903. The van der Waals surface area contributed by atoms with Gasteiger partial charge in [-0.1, -0.05) is 21.6 Å². The first kappa shape index (κ1) is 23.4. The van der Waals surface area contributed by atoms with E-state index in [0.29, 0.717) is 18.8 Å². The minimum absolute atomic E-state index is 0. The molecule has 0 rings (SSSR count). The van der Waals surface area contributed by atoms with Crippen molar-refractivity contribution in [1.29, 1.82) is 0 Å². The number of imide groups is 1. The first-order valence-electron chi connectivity index (χ1n) is 4.85. The average Bonchev–Trinajstić information content (AvgIpc) is 2.32. The highest BCUT2D eigenvalue weighted by Gasteiger charge is 2.17. The third-order valence-electron chi connectivity index (χ3n) is 1.63. The Bertz CT molecular complexity index is 221. The van der Waals surface area contributed by atoms with Gasteiger partial charge in [0.15, 0.2) is 0 Å². The van der Waals surface area contributed by atoms with Crippen molar-refractivity contribution in [1.82, 2.24) is 4.90 Å². The fourth-order valence-corrected chi connectivity index (χ4v) is 2.71. The molecule has 0 aromatic rings. The van der Waals surface area contributed by atoms with E-state index in [0.717, 1.165) is 10.7 Å². The number of carbonyl (C=O) groups excluding carboxylic acids is 2. The van der Waals surface area contributed by atoms with Gasteiger partial charge in [0.1, 0.15) is 0 Å². The highest BCUT2D eigenvalue weighted by Crippen LogP contribution is 2.19. The van der Waals surface area contributed by atoms with Crippen LogP contribution in [-0.2, 0) is 9.59 Å². The SMILES string of the molecule is Cl.Cl.NCCSSCCN(C(=O)CN)C(=O)CN. The van der Waals surface area contributed by atoms with E-state index in [-0.39, 0.29) is 49.7 Å². The summed E-state index contributed by atoms with van der Waals surface area (Å²) < 4.78 is 0. The number of nitrogens with two attached hydrogens (primary N) is 3. The van der Waals surface area contributed by atoms with Crippen LogP contribution in [0.5, 0.6) is 0 Å². The average molecular weight is 339 g/mol. The molecule has 0 unspecified atom stereocenters. The Labute approximate surface area is 127 Å². The van der Waals surface area contributed by atoms with Crippen LogP contribution in [0.2, 0.25) is 0 Å². The molecular formula is C8H20Cl2N4O2S2. The lowest BCUT2D eigenvalue weighted by molar-refractivity contribution is -0.142. The van der Waals surface area contributed by atoms with Crippen molar-refractivity contribution >= 4 is 58.2 Å². The third-order valence-corrected chi connectivity index (χ3v) is 4.05. The maximum Gasteiger partial charge on any atom is 0.242 e. The second-order valence-electron chi connectivity index (χ2n) is 2.78. The largest absolute Gasteiger partial charge is 0.330 e. The summed E-state index contributed by atoms with van der Waals surface area (Å²) in [6.45, 7) is 0.609.